The lowest BCUT2D eigenvalue weighted by Gasteiger charge is -2.12. The van der Waals surface area contributed by atoms with Gasteiger partial charge in [-0.3, -0.25) is 0 Å². The van der Waals surface area contributed by atoms with E-state index in [1.54, 1.807) is 6.08 Å². The van der Waals surface area contributed by atoms with Crippen LogP contribution >= 0.6 is 0 Å². The van der Waals surface area contributed by atoms with Crippen molar-refractivity contribution in [2.24, 2.45) is 0 Å². The van der Waals surface area contributed by atoms with E-state index in [-0.39, 0.29) is 6.61 Å². The summed E-state index contributed by atoms with van der Waals surface area (Å²) in [5.74, 6) is 0.861. The van der Waals surface area contributed by atoms with Gasteiger partial charge in [-0.25, -0.2) is 0 Å². The smallest absolute Gasteiger partial charge is 0.122 e. The van der Waals surface area contributed by atoms with E-state index in [0.29, 0.717) is 6.61 Å². The monoisotopic (exact) mass is 192 g/mol. The van der Waals surface area contributed by atoms with Gasteiger partial charge in [-0.05, 0) is 36.6 Å². The molecule has 1 aromatic rings. The molecular weight excluding hydrogens is 176 g/mol. The molecule has 2 heteroatoms. The van der Waals surface area contributed by atoms with Gasteiger partial charge >= 0.3 is 0 Å². The van der Waals surface area contributed by atoms with Crippen LogP contribution in [0.15, 0.2) is 24.8 Å². The molecule has 1 N–H and O–H groups in total. The fourth-order valence-electron chi connectivity index (χ4n) is 1.33. The van der Waals surface area contributed by atoms with Gasteiger partial charge in [-0.15, -0.1) is 0 Å². The van der Waals surface area contributed by atoms with Gasteiger partial charge in [0.25, 0.3) is 0 Å². The average molecular weight is 192 g/mol. The van der Waals surface area contributed by atoms with Gasteiger partial charge in [-0.2, -0.15) is 0 Å². The third-order valence-corrected chi connectivity index (χ3v) is 2.38. The minimum Gasteiger partial charge on any atom is -0.489 e. The van der Waals surface area contributed by atoms with Gasteiger partial charge in [0.15, 0.2) is 0 Å². The molecule has 0 atom stereocenters. The topological polar surface area (TPSA) is 29.5 Å². The van der Waals surface area contributed by atoms with E-state index in [9.17, 15) is 0 Å². The number of benzene rings is 1. The van der Waals surface area contributed by atoms with Crippen molar-refractivity contribution in [3.05, 3.63) is 41.5 Å². The molecule has 2 nitrogen and oxygen atoms in total. The molecule has 1 aromatic carbocycles. The molecule has 14 heavy (non-hydrogen) atoms. The molecular formula is C12H16O2. The lowest BCUT2D eigenvalue weighted by atomic mass is 10.0. The highest BCUT2D eigenvalue weighted by Crippen LogP contribution is 2.24. The normalized spacial score (nSPS) is 9.93. The van der Waals surface area contributed by atoms with Crippen molar-refractivity contribution in [1.29, 1.82) is 0 Å². The largest absolute Gasteiger partial charge is 0.489 e. The summed E-state index contributed by atoms with van der Waals surface area (Å²) < 4.78 is 5.47. The SMILES string of the molecule is C=CCOc1ccc(CO)c(C)c1C. The molecule has 0 amide bonds. The lowest BCUT2D eigenvalue weighted by Crippen LogP contribution is -1.99. The van der Waals surface area contributed by atoms with Gasteiger partial charge in [0, 0.05) is 0 Å². The fraction of sp³-hybridized carbons (Fsp3) is 0.333. The molecule has 0 aliphatic rings. The summed E-state index contributed by atoms with van der Waals surface area (Å²) in [7, 11) is 0. The first-order valence-corrected chi connectivity index (χ1v) is 4.64. The summed E-state index contributed by atoms with van der Waals surface area (Å²) in [4.78, 5) is 0. The van der Waals surface area contributed by atoms with Crippen LogP contribution in [0.2, 0.25) is 0 Å². The van der Waals surface area contributed by atoms with Crippen molar-refractivity contribution in [2.45, 2.75) is 20.5 Å². The molecule has 76 valence electrons. The van der Waals surface area contributed by atoms with Crippen LogP contribution in [0.3, 0.4) is 0 Å². The van der Waals surface area contributed by atoms with Crippen LogP contribution in [-0.2, 0) is 6.61 Å². The summed E-state index contributed by atoms with van der Waals surface area (Å²) >= 11 is 0. The van der Waals surface area contributed by atoms with Gasteiger partial charge in [0.2, 0.25) is 0 Å². The lowest BCUT2D eigenvalue weighted by molar-refractivity contribution is 0.280. The molecule has 0 bridgehead atoms. The van der Waals surface area contributed by atoms with E-state index in [2.05, 4.69) is 6.58 Å². The molecule has 0 heterocycles. The molecule has 0 aliphatic carbocycles. The van der Waals surface area contributed by atoms with Crippen LogP contribution in [0, 0.1) is 13.8 Å². The quantitative estimate of drug-likeness (QED) is 0.742. The zero-order chi connectivity index (χ0) is 10.6. The van der Waals surface area contributed by atoms with E-state index < -0.39 is 0 Å². The number of rotatable bonds is 4. The zero-order valence-electron chi connectivity index (χ0n) is 8.71. The van der Waals surface area contributed by atoms with Crippen LogP contribution < -0.4 is 4.74 Å². The second-order valence-electron chi connectivity index (χ2n) is 3.23. The Bertz CT molecular complexity index is 329. The standard InChI is InChI=1S/C12H16O2/c1-4-7-14-12-6-5-11(8-13)9(2)10(12)3/h4-6,13H,1,7-8H2,2-3H3. The van der Waals surface area contributed by atoms with Crippen LogP contribution in [0.4, 0.5) is 0 Å². The number of ether oxygens (including phenoxy) is 1. The molecule has 0 aromatic heterocycles. The van der Waals surface area contributed by atoms with Gasteiger partial charge < -0.3 is 9.84 Å². The van der Waals surface area contributed by atoms with E-state index in [1.165, 1.54) is 0 Å². The Kier molecular flexibility index (Phi) is 3.72. The van der Waals surface area contributed by atoms with Crippen molar-refractivity contribution in [1.82, 2.24) is 0 Å². The van der Waals surface area contributed by atoms with Crippen molar-refractivity contribution in [2.75, 3.05) is 6.61 Å². The number of hydrogen-bond acceptors (Lipinski definition) is 2. The highest BCUT2D eigenvalue weighted by molar-refractivity contribution is 5.43. The Morgan fingerprint density at radius 2 is 2.07 bits per heavy atom. The first-order chi connectivity index (χ1) is 6.70. The highest BCUT2D eigenvalue weighted by atomic mass is 16.5. The van der Waals surface area contributed by atoms with E-state index in [4.69, 9.17) is 9.84 Å². The maximum absolute atomic E-state index is 9.05. The maximum Gasteiger partial charge on any atom is 0.122 e. The molecule has 0 unspecified atom stereocenters. The van der Waals surface area contributed by atoms with Crippen molar-refractivity contribution in [3.63, 3.8) is 0 Å². The number of aliphatic hydroxyl groups excluding tert-OH is 1. The summed E-state index contributed by atoms with van der Waals surface area (Å²) in [6, 6.07) is 3.78. The second-order valence-corrected chi connectivity index (χ2v) is 3.23. The molecule has 0 fully saturated rings. The second kappa shape index (κ2) is 4.82. The Hall–Kier alpha value is -1.28. The zero-order valence-corrected chi connectivity index (χ0v) is 8.71. The summed E-state index contributed by atoms with van der Waals surface area (Å²) in [6.45, 7) is 8.17. The summed E-state index contributed by atoms with van der Waals surface area (Å²) in [5, 5.41) is 9.05. The third kappa shape index (κ3) is 2.15. The highest BCUT2D eigenvalue weighted by Gasteiger charge is 2.05. The van der Waals surface area contributed by atoms with Crippen molar-refractivity contribution in [3.8, 4) is 5.75 Å². The molecule has 0 spiro atoms. The van der Waals surface area contributed by atoms with E-state index in [0.717, 1.165) is 22.4 Å². The molecule has 0 radical (unpaired) electrons. The third-order valence-electron chi connectivity index (χ3n) is 2.38. The van der Waals surface area contributed by atoms with E-state index in [1.807, 2.05) is 26.0 Å². The van der Waals surface area contributed by atoms with Crippen molar-refractivity contribution >= 4 is 0 Å². The predicted octanol–water partition coefficient (Wildman–Crippen LogP) is 2.36. The fourth-order valence-corrected chi connectivity index (χ4v) is 1.33. The van der Waals surface area contributed by atoms with E-state index >= 15 is 0 Å². The molecule has 1 rings (SSSR count). The first kappa shape index (κ1) is 10.8. The van der Waals surface area contributed by atoms with Crippen molar-refractivity contribution < 1.29 is 9.84 Å². The molecule has 0 saturated carbocycles. The Balaban J connectivity index is 2.98. The summed E-state index contributed by atoms with van der Waals surface area (Å²) in [5.41, 5.74) is 3.13. The maximum atomic E-state index is 9.05. The molecule has 0 aliphatic heterocycles. The van der Waals surface area contributed by atoms with Crippen LogP contribution in [0.25, 0.3) is 0 Å². The Labute approximate surface area is 84.8 Å². The van der Waals surface area contributed by atoms with Gasteiger partial charge in [0.1, 0.15) is 12.4 Å². The van der Waals surface area contributed by atoms with Gasteiger partial charge in [0.05, 0.1) is 6.61 Å². The van der Waals surface area contributed by atoms with Crippen LogP contribution in [0.5, 0.6) is 5.75 Å². The molecule has 0 saturated heterocycles. The number of aliphatic hydroxyl groups is 1. The predicted molar refractivity (Wildman–Crippen MR) is 57.5 cm³/mol. The first-order valence-electron chi connectivity index (χ1n) is 4.64. The summed E-state index contributed by atoms with van der Waals surface area (Å²) in [6.07, 6.45) is 1.72. The Morgan fingerprint density at radius 3 is 2.64 bits per heavy atom. The minimum absolute atomic E-state index is 0.0778. The number of hydrogen-bond donors (Lipinski definition) is 1. The van der Waals surface area contributed by atoms with Crippen LogP contribution in [0.1, 0.15) is 16.7 Å². The minimum atomic E-state index is 0.0778. The van der Waals surface area contributed by atoms with Gasteiger partial charge in [-0.1, -0.05) is 18.7 Å². The Morgan fingerprint density at radius 1 is 1.36 bits per heavy atom. The average Bonchev–Trinajstić information content (AvgIpc) is 2.20. The van der Waals surface area contributed by atoms with Crippen LogP contribution in [-0.4, -0.2) is 11.7 Å².